The third kappa shape index (κ3) is 5.64. The Bertz CT molecular complexity index is 379. The van der Waals surface area contributed by atoms with Gasteiger partial charge in [-0.25, -0.2) is 0 Å². The van der Waals surface area contributed by atoms with Crippen LogP contribution in [0.2, 0.25) is 0 Å². The molecule has 0 amide bonds. The van der Waals surface area contributed by atoms with Crippen LogP contribution in [0.3, 0.4) is 0 Å². The van der Waals surface area contributed by atoms with Crippen LogP contribution < -0.4 is 5.32 Å². The lowest BCUT2D eigenvalue weighted by Gasteiger charge is -2.25. The molecule has 108 valence electrons. The fraction of sp³-hybridized carbons (Fsp3) is 0.600. The van der Waals surface area contributed by atoms with E-state index < -0.39 is 11.7 Å². The maximum absolute atomic E-state index is 12.5. The molecule has 0 radical (unpaired) electrons. The summed E-state index contributed by atoms with van der Waals surface area (Å²) in [5.74, 6) is 0. The first kappa shape index (κ1) is 16.0. The van der Waals surface area contributed by atoms with Gasteiger partial charge in [0, 0.05) is 6.54 Å². The van der Waals surface area contributed by atoms with Gasteiger partial charge in [-0.15, -0.1) is 0 Å². The normalized spacial score (nSPS) is 12.7. The van der Waals surface area contributed by atoms with Gasteiger partial charge in [0.25, 0.3) is 0 Å². The van der Waals surface area contributed by atoms with E-state index in [1.807, 2.05) is 0 Å². The summed E-state index contributed by atoms with van der Waals surface area (Å²) in [5, 5.41) is 3.35. The van der Waals surface area contributed by atoms with Crippen molar-refractivity contribution in [1.29, 1.82) is 0 Å². The first-order chi connectivity index (χ1) is 8.74. The van der Waals surface area contributed by atoms with E-state index in [0.29, 0.717) is 0 Å². The summed E-state index contributed by atoms with van der Waals surface area (Å²) in [6.45, 7) is 8.18. The van der Waals surface area contributed by atoms with Crippen LogP contribution in [0, 0.1) is 5.41 Å². The molecule has 0 unspecified atom stereocenters. The Morgan fingerprint density at radius 3 is 2.11 bits per heavy atom. The van der Waals surface area contributed by atoms with E-state index in [0.717, 1.165) is 43.6 Å². The van der Waals surface area contributed by atoms with Crippen molar-refractivity contribution in [1.82, 2.24) is 5.32 Å². The van der Waals surface area contributed by atoms with Crippen molar-refractivity contribution < 1.29 is 13.2 Å². The van der Waals surface area contributed by atoms with Gasteiger partial charge < -0.3 is 5.32 Å². The summed E-state index contributed by atoms with van der Waals surface area (Å²) in [6, 6.07) is 5.46. The minimum atomic E-state index is -4.25. The lowest BCUT2D eigenvalue weighted by molar-refractivity contribution is -0.137. The van der Waals surface area contributed by atoms with E-state index in [1.165, 1.54) is 0 Å². The van der Waals surface area contributed by atoms with Gasteiger partial charge in [0.05, 0.1) is 5.56 Å². The third-order valence-electron chi connectivity index (χ3n) is 2.99. The number of hydrogen-bond donors (Lipinski definition) is 1. The van der Waals surface area contributed by atoms with Crippen molar-refractivity contribution in [2.75, 3.05) is 13.1 Å². The van der Waals surface area contributed by atoms with Crippen LogP contribution in [0.5, 0.6) is 0 Å². The average Bonchev–Trinajstić information content (AvgIpc) is 2.28. The first-order valence-corrected chi connectivity index (χ1v) is 6.61. The van der Waals surface area contributed by atoms with Gasteiger partial charge in [0.1, 0.15) is 0 Å². The first-order valence-electron chi connectivity index (χ1n) is 6.61. The summed E-state index contributed by atoms with van der Waals surface area (Å²) >= 11 is 0. The van der Waals surface area contributed by atoms with Crippen molar-refractivity contribution in [3.05, 3.63) is 35.4 Å². The van der Waals surface area contributed by atoms with Crippen LogP contribution in [0.15, 0.2) is 24.3 Å². The summed E-state index contributed by atoms with van der Waals surface area (Å²) in [4.78, 5) is 0. The predicted octanol–water partition coefficient (Wildman–Crippen LogP) is 4.27. The SMILES string of the molecule is CCCNCC(C)(C)Cc1ccc(C(F)(F)F)cc1. The highest BCUT2D eigenvalue weighted by Crippen LogP contribution is 2.30. The summed E-state index contributed by atoms with van der Waals surface area (Å²) in [6.07, 6.45) is -2.41. The zero-order chi connectivity index (χ0) is 14.5. The molecule has 1 aromatic carbocycles. The summed E-state index contributed by atoms with van der Waals surface area (Å²) in [7, 11) is 0. The number of nitrogens with one attached hydrogen (secondary N) is 1. The molecular formula is C15H22F3N. The van der Waals surface area contributed by atoms with Crippen LogP contribution in [-0.2, 0) is 12.6 Å². The molecule has 1 N–H and O–H groups in total. The van der Waals surface area contributed by atoms with Crippen molar-refractivity contribution in [2.45, 2.75) is 39.8 Å². The number of benzene rings is 1. The smallest absolute Gasteiger partial charge is 0.316 e. The van der Waals surface area contributed by atoms with Crippen LogP contribution >= 0.6 is 0 Å². The Morgan fingerprint density at radius 1 is 1.05 bits per heavy atom. The fourth-order valence-corrected chi connectivity index (χ4v) is 2.03. The van der Waals surface area contributed by atoms with Crippen LogP contribution in [-0.4, -0.2) is 13.1 Å². The minimum absolute atomic E-state index is 0.0366. The van der Waals surface area contributed by atoms with Crippen molar-refractivity contribution in [2.24, 2.45) is 5.41 Å². The molecule has 0 saturated heterocycles. The molecule has 0 bridgehead atoms. The third-order valence-corrected chi connectivity index (χ3v) is 2.99. The zero-order valence-corrected chi connectivity index (χ0v) is 11.8. The molecule has 0 aliphatic heterocycles. The van der Waals surface area contributed by atoms with Crippen LogP contribution in [0.25, 0.3) is 0 Å². The van der Waals surface area contributed by atoms with E-state index >= 15 is 0 Å². The van der Waals surface area contributed by atoms with Crippen molar-refractivity contribution >= 4 is 0 Å². The van der Waals surface area contributed by atoms with Gasteiger partial charge in [-0.3, -0.25) is 0 Å². The molecule has 1 rings (SSSR count). The lowest BCUT2D eigenvalue weighted by Crippen LogP contribution is -2.31. The molecule has 0 atom stereocenters. The number of rotatable bonds is 6. The fourth-order valence-electron chi connectivity index (χ4n) is 2.03. The molecule has 0 aliphatic rings. The quantitative estimate of drug-likeness (QED) is 0.763. The molecule has 0 spiro atoms. The molecule has 0 saturated carbocycles. The van der Waals surface area contributed by atoms with Gasteiger partial charge >= 0.3 is 6.18 Å². The van der Waals surface area contributed by atoms with Crippen molar-refractivity contribution in [3.63, 3.8) is 0 Å². The Balaban J connectivity index is 2.62. The second-order valence-electron chi connectivity index (χ2n) is 5.71. The van der Waals surface area contributed by atoms with Crippen LogP contribution in [0.4, 0.5) is 13.2 Å². The summed E-state index contributed by atoms with van der Waals surface area (Å²) < 4.78 is 37.4. The molecule has 0 aliphatic carbocycles. The highest BCUT2D eigenvalue weighted by atomic mass is 19.4. The second-order valence-corrected chi connectivity index (χ2v) is 5.71. The Labute approximate surface area is 113 Å². The standard InChI is InChI=1S/C15H22F3N/c1-4-9-19-11-14(2,3)10-12-5-7-13(8-6-12)15(16,17)18/h5-8,19H,4,9-11H2,1-3H3. The predicted molar refractivity (Wildman–Crippen MR) is 72.1 cm³/mol. The molecule has 0 heterocycles. The molecule has 1 aromatic rings. The van der Waals surface area contributed by atoms with Gasteiger partial charge in [-0.05, 0) is 42.5 Å². The van der Waals surface area contributed by atoms with Gasteiger partial charge in [0.2, 0.25) is 0 Å². The van der Waals surface area contributed by atoms with E-state index in [4.69, 9.17) is 0 Å². The number of hydrogen-bond acceptors (Lipinski definition) is 1. The molecule has 1 nitrogen and oxygen atoms in total. The maximum Gasteiger partial charge on any atom is 0.416 e. The highest BCUT2D eigenvalue weighted by Gasteiger charge is 2.30. The molecule has 19 heavy (non-hydrogen) atoms. The Morgan fingerprint density at radius 2 is 1.63 bits per heavy atom. The lowest BCUT2D eigenvalue weighted by atomic mass is 9.85. The molecule has 0 fully saturated rings. The topological polar surface area (TPSA) is 12.0 Å². The van der Waals surface area contributed by atoms with Crippen molar-refractivity contribution in [3.8, 4) is 0 Å². The second kappa shape index (κ2) is 6.42. The number of alkyl halides is 3. The molecular weight excluding hydrogens is 251 g/mol. The van der Waals surface area contributed by atoms with E-state index in [2.05, 4.69) is 26.1 Å². The van der Waals surface area contributed by atoms with Gasteiger partial charge in [-0.1, -0.05) is 32.9 Å². The largest absolute Gasteiger partial charge is 0.416 e. The highest BCUT2D eigenvalue weighted by molar-refractivity contribution is 5.25. The molecule has 0 aromatic heterocycles. The summed E-state index contributed by atoms with van der Waals surface area (Å²) in [5.41, 5.74) is 0.393. The van der Waals surface area contributed by atoms with Crippen LogP contribution in [0.1, 0.15) is 38.3 Å². The van der Waals surface area contributed by atoms with E-state index in [-0.39, 0.29) is 5.41 Å². The Hall–Kier alpha value is -1.03. The van der Waals surface area contributed by atoms with E-state index in [9.17, 15) is 13.2 Å². The minimum Gasteiger partial charge on any atom is -0.316 e. The van der Waals surface area contributed by atoms with Gasteiger partial charge in [0.15, 0.2) is 0 Å². The van der Waals surface area contributed by atoms with E-state index in [1.54, 1.807) is 12.1 Å². The molecule has 4 heteroatoms. The zero-order valence-electron chi connectivity index (χ0n) is 11.8. The number of halogens is 3. The average molecular weight is 273 g/mol. The maximum atomic E-state index is 12.5. The van der Waals surface area contributed by atoms with Gasteiger partial charge in [-0.2, -0.15) is 13.2 Å². The monoisotopic (exact) mass is 273 g/mol. The Kier molecular flexibility index (Phi) is 5.41.